The molecule has 0 bridgehead atoms. The molecule has 3 aliphatic heterocycles. The lowest BCUT2D eigenvalue weighted by molar-refractivity contribution is -0.135. The molecule has 4 atom stereocenters. The first-order chi connectivity index (χ1) is 30.1. The lowest BCUT2D eigenvalue weighted by Crippen LogP contribution is -2.51. The van der Waals surface area contributed by atoms with E-state index in [1.165, 1.54) is 12.7 Å². The van der Waals surface area contributed by atoms with Gasteiger partial charge >= 0.3 is 12.1 Å². The SMILES string of the molecule is COC(=O)NC(C(=O)N1CCCC1c1ncc(-c2ccc(C3CCC(c4cnc(C5CCCN5C(=O)C(NC(=O)N5CCC(O)CC5)c5ccccc5)[nH]4)CC3)cc2)[nH]1)C(C)C. The Morgan fingerprint density at radius 2 is 1.34 bits per heavy atom. The Kier molecular flexibility index (Phi) is 13.3. The first-order valence-corrected chi connectivity index (χ1v) is 22.5. The number of likely N-dealkylation sites (tertiary alicyclic amines) is 3. The van der Waals surface area contributed by atoms with E-state index in [1.807, 2.05) is 66.4 Å². The Labute approximate surface area is 363 Å². The second-order valence-electron chi connectivity index (χ2n) is 17.8. The number of urea groups is 1. The molecule has 1 aliphatic carbocycles. The van der Waals surface area contributed by atoms with E-state index < -0.39 is 24.3 Å². The quantitative estimate of drug-likeness (QED) is 0.108. The summed E-state index contributed by atoms with van der Waals surface area (Å²) in [7, 11) is 1.30. The van der Waals surface area contributed by atoms with Crippen LogP contribution in [-0.4, -0.2) is 109 Å². The molecule has 4 fully saturated rings. The van der Waals surface area contributed by atoms with Gasteiger partial charge in [-0.15, -0.1) is 0 Å². The molecule has 5 heterocycles. The van der Waals surface area contributed by atoms with Crippen molar-refractivity contribution in [2.24, 2.45) is 5.92 Å². The minimum atomic E-state index is -0.825. The molecule has 3 saturated heterocycles. The van der Waals surface area contributed by atoms with E-state index in [4.69, 9.17) is 14.7 Å². The number of benzene rings is 2. The van der Waals surface area contributed by atoms with Crippen LogP contribution in [0.2, 0.25) is 0 Å². The average molecular weight is 848 g/mol. The lowest BCUT2D eigenvalue weighted by atomic mass is 9.77. The van der Waals surface area contributed by atoms with Crippen molar-refractivity contribution in [3.05, 3.63) is 95.5 Å². The minimum absolute atomic E-state index is 0.0977. The van der Waals surface area contributed by atoms with Crippen molar-refractivity contribution in [3.8, 4) is 11.3 Å². The number of amides is 5. The van der Waals surface area contributed by atoms with Crippen molar-refractivity contribution in [1.29, 1.82) is 0 Å². The highest BCUT2D eigenvalue weighted by Gasteiger charge is 2.39. The second kappa shape index (κ2) is 19.1. The molecule has 15 nitrogen and oxygen atoms in total. The third-order valence-corrected chi connectivity index (χ3v) is 13.6. The maximum atomic E-state index is 14.3. The number of imidazole rings is 2. The monoisotopic (exact) mass is 847 g/mol. The van der Waals surface area contributed by atoms with E-state index in [-0.39, 0.29) is 35.8 Å². The molecule has 0 radical (unpaired) electrons. The van der Waals surface area contributed by atoms with Gasteiger partial charge in [0.25, 0.3) is 0 Å². The number of H-pyrrole nitrogens is 2. The van der Waals surface area contributed by atoms with Gasteiger partial charge in [0.2, 0.25) is 11.8 Å². The van der Waals surface area contributed by atoms with Crippen LogP contribution in [0.1, 0.15) is 136 Å². The number of carbonyl (C=O) groups excluding carboxylic acids is 4. The van der Waals surface area contributed by atoms with E-state index in [2.05, 4.69) is 44.9 Å². The number of nitrogens with zero attached hydrogens (tertiary/aromatic N) is 5. The predicted molar refractivity (Wildman–Crippen MR) is 233 cm³/mol. The molecule has 1 saturated carbocycles. The molecule has 15 heteroatoms. The number of rotatable bonds is 11. The van der Waals surface area contributed by atoms with Crippen molar-refractivity contribution in [2.75, 3.05) is 33.3 Å². The van der Waals surface area contributed by atoms with Crippen molar-refractivity contribution in [3.63, 3.8) is 0 Å². The number of hydrogen-bond donors (Lipinski definition) is 5. The third-order valence-electron chi connectivity index (χ3n) is 13.6. The standard InChI is InChI=1S/C47H61N9O6/c1-29(2)40(53-47(61)62-3)44(58)55-23-7-11-38(55)42-48-27-36(50-42)32-17-13-30(14-18-32)31-15-19-33(20-16-31)37-28-49-43(51-37)39-12-8-24-56(39)45(59)41(34-9-5-4-6-10-34)52-46(60)54-25-21-35(57)22-26-54/h4-6,9-10,13-14,17-18,27-29,31,33,35,38-41,57H,7-8,11-12,15-16,19-26H2,1-3H3,(H,48,50)(H,49,51)(H,52,60)(H,53,61). The zero-order chi connectivity index (χ0) is 43.3. The number of aromatic amines is 2. The first-order valence-electron chi connectivity index (χ1n) is 22.5. The topological polar surface area (TPSA) is 189 Å². The third kappa shape index (κ3) is 9.37. The van der Waals surface area contributed by atoms with Gasteiger partial charge in [-0.3, -0.25) is 9.59 Å². The molecule has 330 valence electrons. The van der Waals surface area contributed by atoms with Crippen LogP contribution in [0.25, 0.3) is 11.3 Å². The number of aliphatic hydroxyl groups excluding tert-OH is 1. The summed E-state index contributed by atoms with van der Waals surface area (Å²) in [5.41, 5.74) is 5.11. The van der Waals surface area contributed by atoms with Crippen LogP contribution in [0, 0.1) is 5.92 Å². The van der Waals surface area contributed by atoms with Crippen LogP contribution in [0.5, 0.6) is 0 Å². The van der Waals surface area contributed by atoms with Gasteiger partial charge in [-0.05, 0) is 92.7 Å². The molecule has 4 aromatic rings. The van der Waals surface area contributed by atoms with Gasteiger partial charge in [0, 0.05) is 44.0 Å². The largest absolute Gasteiger partial charge is 0.453 e. The molecule has 8 rings (SSSR count). The molecule has 4 aliphatic rings. The van der Waals surface area contributed by atoms with Crippen LogP contribution in [0.4, 0.5) is 9.59 Å². The Hall–Kier alpha value is -5.70. The normalized spacial score (nSPS) is 23.0. The molecule has 4 unspecified atom stereocenters. The van der Waals surface area contributed by atoms with Gasteiger partial charge in [0.15, 0.2) is 0 Å². The fourth-order valence-corrected chi connectivity index (χ4v) is 9.94. The van der Waals surface area contributed by atoms with E-state index >= 15 is 0 Å². The van der Waals surface area contributed by atoms with Gasteiger partial charge in [-0.1, -0.05) is 68.4 Å². The smallest absolute Gasteiger partial charge is 0.407 e. The van der Waals surface area contributed by atoms with E-state index in [0.717, 1.165) is 85.5 Å². The van der Waals surface area contributed by atoms with Gasteiger partial charge < -0.3 is 45.1 Å². The Morgan fingerprint density at radius 1 is 0.726 bits per heavy atom. The van der Waals surface area contributed by atoms with Crippen molar-refractivity contribution >= 4 is 23.9 Å². The van der Waals surface area contributed by atoms with Crippen LogP contribution in [-0.2, 0) is 14.3 Å². The summed E-state index contributed by atoms with van der Waals surface area (Å²) < 4.78 is 4.77. The number of hydrogen-bond acceptors (Lipinski definition) is 8. The number of ether oxygens (including phenoxy) is 1. The number of methoxy groups -OCH3 is 1. The molecule has 0 spiro atoms. The highest BCUT2D eigenvalue weighted by molar-refractivity contribution is 5.89. The number of aliphatic hydroxyl groups is 1. The Morgan fingerprint density at radius 3 is 1.98 bits per heavy atom. The summed E-state index contributed by atoms with van der Waals surface area (Å²) in [5.74, 6) is 2.00. The lowest BCUT2D eigenvalue weighted by Gasteiger charge is -2.33. The average Bonchev–Trinajstić information content (AvgIpc) is 4.15. The van der Waals surface area contributed by atoms with Gasteiger partial charge in [-0.2, -0.15) is 0 Å². The van der Waals surface area contributed by atoms with E-state index in [0.29, 0.717) is 50.9 Å². The summed E-state index contributed by atoms with van der Waals surface area (Å²) in [5, 5.41) is 15.7. The van der Waals surface area contributed by atoms with Crippen molar-refractivity contribution in [1.82, 2.24) is 45.3 Å². The number of piperidine rings is 1. The van der Waals surface area contributed by atoms with E-state index in [9.17, 15) is 24.3 Å². The maximum absolute atomic E-state index is 14.3. The summed E-state index contributed by atoms with van der Waals surface area (Å²) in [6.07, 6.45) is 11.3. The van der Waals surface area contributed by atoms with Crippen LogP contribution >= 0.6 is 0 Å². The van der Waals surface area contributed by atoms with E-state index in [1.54, 1.807) is 4.90 Å². The van der Waals surface area contributed by atoms with Crippen LogP contribution in [0.3, 0.4) is 0 Å². The highest BCUT2D eigenvalue weighted by Crippen LogP contribution is 2.42. The zero-order valence-corrected chi connectivity index (χ0v) is 36.1. The Balaban J connectivity index is 0.868. The van der Waals surface area contributed by atoms with Gasteiger partial charge in [0.1, 0.15) is 23.7 Å². The molecular formula is C47H61N9O6. The number of alkyl carbamates (subject to hydrolysis) is 1. The number of carbonyl (C=O) groups is 4. The second-order valence-corrected chi connectivity index (χ2v) is 17.8. The van der Waals surface area contributed by atoms with Gasteiger partial charge in [-0.25, -0.2) is 19.6 Å². The Bertz CT molecular complexity index is 2160. The predicted octanol–water partition coefficient (Wildman–Crippen LogP) is 6.86. The highest BCUT2D eigenvalue weighted by atomic mass is 16.5. The number of aromatic nitrogens is 4. The maximum Gasteiger partial charge on any atom is 0.407 e. The van der Waals surface area contributed by atoms with Crippen molar-refractivity contribution in [2.45, 2.75) is 120 Å². The number of nitrogens with one attached hydrogen (secondary N) is 4. The molecule has 2 aromatic carbocycles. The minimum Gasteiger partial charge on any atom is -0.453 e. The zero-order valence-electron chi connectivity index (χ0n) is 36.1. The summed E-state index contributed by atoms with van der Waals surface area (Å²) >= 11 is 0. The van der Waals surface area contributed by atoms with Crippen LogP contribution in [0.15, 0.2) is 67.0 Å². The fraction of sp³-hybridized carbons (Fsp3) is 0.532. The summed E-state index contributed by atoms with van der Waals surface area (Å²) in [6.45, 7) is 5.93. The van der Waals surface area contributed by atoms with Gasteiger partial charge in [0.05, 0.1) is 37.2 Å². The summed E-state index contributed by atoms with van der Waals surface area (Å²) in [6, 6.07) is 16.0. The molecule has 5 N–H and O–H groups in total. The van der Waals surface area contributed by atoms with Crippen molar-refractivity contribution < 1.29 is 29.0 Å². The molecule has 2 aromatic heterocycles. The molecule has 5 amide bonds. The molecular weight excluding hydrogens is 787 g/mol. The van der Waals surface area contributed by atoms with Crippen LogP contribution < -0.4 is 10.6 Å². The fourth-order valence-electron chi connectivity index (χ4n) is 9.94. The first kappa shape index (κ1) is 43.0. The summed E-state index contributed by atoms with van der Waals surface area (Å²) in [4.78, 5) is 75.4. The molecule has 62 heavy (non-hydrogen) atoms.